The highest BCUT2D eigenvalue weighted by atomic mass is 16.5. The van der Waals surface area contributed by atoms with Crippen LogP contribution in [0.1, 0.15) is 30.5 Å². The first-order chi connectivity index (χ1) is 15.6. The normalized spacial score (nSPS) is 20.3. The van der Waals surface area contributed by atoms with E-state index in [1.807, 2.05) is 26.0 Å². The summed E-state index contributed by atoms with van der Waals surface area (Å²) in [6.07, 6.45) is -2.77. The lowest BCUT2D eigenvalue weighted by Crippen LogP contribution is -2.55. The minimum atomic E-state index is -1.72. The Morgan fingerprint density at radius 2 is 1.94 bits per heavy atom. The number of amidine groups is 1. The van der Waals surface area contributed by atoms with E-state index in [2.05, 4.69) is 5.32 Å². The Morgan fingerprint density at radius 1 is 1.24 bits per heavy atom. The number of aliphatic hydroxyl groups is 1. The van der Waals surface area contributed by atoms with Gasteiger partial charge in [0, 0.05) is 35.3 Å². The number of hydrogen-bond donors (Lipinski definition) is 4. The molecule has 5 N–H and O–H groups in total. The number of nitrogen functional groups attached to an aromatic ring is 1. The molecule has 2 aromatic carbocycles. The zero-order valence-electron chi connectivity index (χ0n) is 18.4. The van der Waals surface area contributed by atoms with E-state index in [4.69, 9.17) is 15.9 Å². The third kappa shape index (κ3) is 4.12. The number of morpholine rings is 1. The summed E-state index contributed by atoms with van der Waals surface area (Å²) >= 11 is 0. The number of ketones is 1. The summed E-state index contributed by atoms with van der Waals surface area (Å²) in [5.41, 5.74) is 8.17. The highest BCUT2D eigenvalue weighted by Crippen LogP contribution is 2.38. The fourth-order valence-corrected chi connectivity index (χ4v) is 4.22. The number of fused-ring (bicyclic) bond motifs is 1. The smallest absolute Gasteiger partial charge is 0.259 e. The number of rotatable bonds is 5. The first-order valence-corrected chi connectivity index (χ1v) is 10.6. The fraction of sp³-hybridized carbons (Fsp3) is 0.333. The summed E-state index contributed by atoms with van der Waals surface area (Å²) in [4.78, 5) is 39.5. The maximum atomic E-state index is 13.1. The van der Waals surface area contributed by atoms with Gasteiger partial charge in [-0.2, -0.15) is 0 Å². The molecule has 9 heteroatoms. The molecule has 2 aliphatic rings. The van der Waals surface area contributed by atoms with Gasteiger partial charge in [-0.15, -0.1) is 0 Å². The largest absolute Gasteiger partial charge is 0.384 e. The molecule has 2 amide bonds. The van der Waals surface area contributed by atoms with Crippen molar-refractivity contribution in [3.8, 4) is 0 Å². The van der Waals surface area contributed by atoms with Crippen molar-refractivity contribution in [1.29, 1.82) is 5.41 Å². The molecule has 0 radical (unpaired) electrons. The first kappa shape index (κ1) is 22.6. The maximum Gasteiger partial charge on any atom is 0.259 e. The monoisotopic (exact) mass is 450 g/mol. The number of amides is 2. The van der Waals surface area contributed by atoms with Crippen LogP contribution in [-0.2, 0) is 31.0 Å². The van der Waals surface area contributed by atoms with Gasteiger partial charge in [0.25, 0.3) is 11.8 Å². The van der Waals surface area contributed by atoms with Gasteiger partial charge < -0.3 is 25.8 Å². The minimum Gasteiger partial charge on any atom is -0.384 e. The van der Waals surface area contributed by atoms with Gasteiger partial charge in [-0.25, -0.2) is 0 Å². The van der Waals surface area contributed by atoms with E-state index >= 15 is 0 Å². The van der Waals surface area contributed by atoms with E-state index in [9.17, 15) is 19.5 Å². The fourth-order valence-electron chi connectivity index (χ4n) is 4.22. The Morgan fingerprint density at radius 3 is 2.61 bits per heavy atom. The van der Waals surface area contributed by atoms with E-state index < -0.39 is 29.4 Å². The lowest BCUT2D eigenvalue weighted by Gasteiger charge is -2.34. The van der Waals surface area contributed by atoms with Crippen LogP contribution in [0.5, 0.6) is 0 Å². The number of nitrogens with zero attached hydrogens (tertiary/aromatic N) is 1. The number of nitrogens with two attached hydrogens (primary N) is 1. The second-order valence-electron chi connectivity index (χ2n) is 8.77. The lowest BCUT2D eigenvalue weighted by atomic mass is 9.85. The molecule has 2 atom stereocenters. The lowest BCUT2D eigenvalue weighted by molar-refractivity contribution is -0.150. The van der Waals surface area contributed by atoms with Crippen molar-refractivity contribution in [3.63, 3.8) is 0 Å². The molecule has 1 aliphatic heterocycles. The maximum absolute atomic E-state index is 13.1. The minimum absolute atomic E-state index is 0.103. The van der Waals surface area contributed by atoms with Crippen molar-refractivity contribution in [3.05, 3.63) is 59.2 Å². The van der Waals surface area contributed by atoms with Crippen molar-refractivity contribution >= 4 is 34.8 Å². The van der Waals surface area contributed by atoms with Crippen LogP contribution in [0, 0.1) is 5.41 Å². The predicted octanol–water partition coefficient (Wildman–Crippen LogP) is 1.10. The van der Waals surface area contributed by atoms with E-state index in [0.29, 0.717) is 23.4 Å². The van der Waals surface area contributed by atoms with Crippen LogP contribution in [0.2, 0.25) is 0 Å². The SMILES string of the molecule is CC1(C)C(=O)Cc2cc(N3CCO[C@H]([C@@H](O)C(=O)Nc4ccc(C(=N)N)cc4)C3=O)ccc21. The summed E-state index contributed by atoms with van der Waals surface area (Å²) in [5.74, 6) is -1.29. The molecule has 2 aromatic rings. The van der Waals surface area contributed by atoms with E-state index in [1.165, 1.54) is 4.90 Å². The van der Waals surface area contributed by atoms with Crippen molar-refractivity contribution in [2.75, 3.05) is 23.4 Å². The number of nitrogens with one attached hydrogen (secondary N) is 2. The number of carbonyl (C=O) groups is 3. The van der Waals surface area contributed by atoms with E-state index in [-0.39, 0.29) is 24.8 Å². The van der Waals surface area contributed by atoms with Gasteiger partial charge in [0.1, 0.15) is 11.6 Å². The molecule has 1 heterocycles. The third-order valence-corrected chi connectivity index (χ3v) is 6.26. The average molecular weight is 450 g/mol. The Hall–Kier alpha value is -3.56. The zero-order chi connectivity index (χ0) is 23.9. The van der Waals surface area contributed by atoms with Crippen LogP contribution in [0.4, 0.5) is 11.4 Å². The number of aliphatic hydroxyl groups excluding tert-OH is 1. The molecule has 0 saturated carbocycles. The Labute approximate surface area is 191 Å². The van der Waals surface area contributed by atoms with Crippen molar-refractivity contribution in [2.24, 2.45) is 5.73 Å². The second-order valence-corrected chi connectivity index (χ2v) is 8.77. The number of Topliss-reactive ketones (excluding diaryl/α,β-unsaturated/α-hetero) is 1. The highest BCUT2D eigenvalue weighted by molar-refractivity contribution is 6.04. The van der Waals surface area contributed by atoms with Gasteiger partial charge >= 0.3 is 0 Å². The molecule has 0 bridgehead atoms. The van der Waals surface area contributed by atoms with E-state index in [1.54, 1.807) is 30.3 Å². The number of benzene rings is 2. The van der Waals surface area contributed by atoms with Gasteiger partial charge in [-0.05, 0) is 61.4 Å². The molecular weight excluding hydrogens is 424 g/mol. The number of anilines is 2. The van der Waals surface area contributed by atoms with Gasteiger partial charge in [-0.1, -0.05) is 6.07 Å². The van der Waals surface area contributed by atoms with Crippen LogP contribution in [0.25, 0.3) is 0 Å². The molecular formula is C24H26N4O5. The second kappa shape index (κ2) is 8.42. The van der Waals surface area contributed by atoms with Gasteiger partial charge in [0.05, 0.1) is 6.61 Å². The van der Waals surface area contributed by atoms with Gasteiger partial charge in [0.15, 0.2) is 12.2 Å². The molecule has 1 fully saturated rings. The number of hydrogen-bond acceptors (Lipinski definition) is 6. The topological polar surface area (TPSA) is 146 Å². The van der Waals surface area contributed by atoms with Crippen LogP contribution >= 0.6 is 0 Å². The first-order valence-electron chi connectivity index (χ1n) is 10.6. The van der Waals surface area contributed by atoms with Crippen LogP contribution in [-0.4, -0.2) is 53.9 Å². The van der Waals surface area contributed by atoms with Crippen LogP contribution in [0.3, 0.4) is 0 Å². The van der Waals surface area contributed by atoms with Crippen molar-refractivity contribution in [1.82, 2.24) is 0 Å². The van der Waals surface area contributed by atoms with Gasteiger partial charge in [0.2, 0.25) is 0 Å². The molecule has 33 heavy (non-hydrogen) atoms. The summed E-state index contributed by atoms with van der Waals surface area (Å²) in [5, 5.41) is 20.5. The summed E-state index contributed by atoms with van der Waals surface area (Å²) in [6, 6.07) is 11.7. The standard InChI is InChI=1S/C24H26N4O5/c1-24(2)17-8-7-16(11-14(17)12-18(24)29)28-9-10-33-20(23(28)32)19(30)22(31)27-15-5-3-13(4-6-15)21(25)26/h3-8,11,19-20,30H,9-10,12H2,1-2H3,(H3,25,26)(H,27,31)/t19-,20-/m1/s1. The molecule has 1 saturated heterocycles. The molecule has 0 unspecified atom stereocenters. The van der Waals surface area contributed by atoms with Crippen molar-refractivity contribution < 1.29 is 24.2 Å². The third-order valence-electron chi connectivity index (χ3n) is 6.26. The average Bonchev–Trinajstić information content (AvgIpc) is 3.01. The summed E-state index contributed by atoms with van der Waals surface area (Å²) in [6.45, 7) is 4.20. The summed E-state index contributed by atoms with van der Waals surface area (Å²) in [7, 11) is 0. The number of carbonyl (C=O) groups excluding carboxylic acids is 3. The quantitative estimate of drug-likeness (QED) is 0.396. The zero-order valence-corrected chi connectivity index (χ0v) is 18.4. The number of ether oxygens (including phenoxy) is 1. The molecule has 1 aliphatic carbocycles. The van der Waals surface area contributed by atoms with Crippen LogP contribution in [0.15, 0.2) is 42.5 Å². The summed E-state index contributed by atoms with van der Waals surface area (Å²) < 4.78 is 5.46. The molecule has 9 nitrogen and oxygen atoms in total. The van der Waals surface area contributed by atoms with Gasteiger partial charge in [-0.3, -0.25) is 19.8 Å². The predicted molar refractivity (Wildman–Crippen MR) is 122 cm³/mol. The molecule has 172 valence electrons. The van der Waals surface area contributed by atoms with Crippen molar-refractivity contribution in [2.45, 2.75) is 37.9 Å². The Balaban J connectivity index is 1.48. The molecule has 0 aromatic heterocycles. The Kier molecular flexibility index (Phi) is 5.77. The molecule has 4 rings (SSSR count). The molecule has 0 spiro atoms. The highest BCUT2D eigenvalue weighted by Gasteiger charge is 2.41. The van der Waals surface area contributed by atoms with E-state index in [0.717, 1.165) is 11.1 Å². The van der Waals surface area contributed by atoms with Crippen LogP contribution < -0.4 is 16.0 Å². The Bertz CT molecular complexity index is 1140.